The molecule has 0 saturated heterocycles. The van der Waals surface area contributed by atoms with Gasteiger partial charge in [-0.3, -0.25) is 4.98 Å². The maximum Gasteiger partial charge on any atom is 0.150 e. The molecule has 0 amide bonds. The van der Waals surface area contributed by atoms with Gasteiger partial charge < -0.3 is 5.73 Å². The fourth-order valence-electron chi connectivity index (χ4n) is 1.34. The van der Waals surface area contributed by atoms with Crippen molar-refractivity contribution < 1.29 is 4.39 Å². The second kappa shape index (κ2) is 3.37. The van der Waals surface area contributed by atoms with Gasteiger partial charge in [0.25, 0.3) is 0 Å². The van der Waals surface area contributed by atoms with Gasteiger partial charge in [0.15, 0.2) is 5.82 Å². The van der Waals surface area contributed by atoms with Crippen LogP contribution in [0.2, 0.25) is 5.02 Å². The summed E-state index contributed by atoms with van der Waals surface area (Å²) in [5.41, 5.74) is 6.21. The van der Waals surface area contributed by atoms with E-state index in [1.807, 2.05) is 6.07 Å². The van der Waals surface area contributed by atoms with Crippen molar-refractivity contribution in [1.82, 2.24) is 4.98 Å². The molecule has 0 unspecified atom stereocenters. The SMILES string of the molecule is N#Cc1cnc2c(F)cc(Cl)cc2c1N. The smallest absolute Gasteiger partial charge is 0.150 e. The summed E-state index contributed by atoms with van der Waals surface area (Å²) >= 11 is 5.69. The van der Waals surface area contributed by atoms with Gasteiger partial charge in [0.1, 0.15) is 11.6 Å². The molecule has 0 spiro atoms. The Morgan fingerprint density at radius 2 is 2.20 bits per heavy atom. The Kier molecular flexibility index (Phi) is 2.18. The van der Waals surface area contributed by atoms with Crippen molar-refractivity contribution in [2.45, 2.75) is 0 Å². The largest absolute Gasteiger partial charge is 0.397 e. The van der Waals surface area contributed by atoms with Crippen LogP contribution in [0.25, 0.3) is 10.9 Å². The molecular weight excluding hydrogens is 217 g/mol. The molecule has 2 rings (SSSR count). The fraction of sp³-hybridized carbons (Fsp3) is 0. The number of nitrogens with zero attached hydrogens (tertiary/aromatic N) is 2. The summed E-state index contributed by atoms with van der Waals surface area (Å²) < 4.78 is 13.4. The molecule has 2 N–H and O–H groups in total. The Hall–Kier alpha value is -1.86. The van der Waals surface area contributed by atoms with E-state index < -0.39 is 5.82 Å². The number of nitriles is 1. The van der Waals surface area contributed by atoms with Crippen LogP contribution in [-0.2, 0) is 0 Å². The van der Waals surface area contributed by atoms with Crippen molar-refractivity contribution >= 4 is 28.2 Å². The van der Waals surface area contributed by atoms with E-state index in [9.17, 15) is 4.39 Å². The predicted octanol–water partition coefficient (Wildman–Crippen LogP) is 2.48. The Labute approximate surface area is 89.9 Å². The third kappa shape index (κ3) is 1.47. The maximum atomic E-state index is 13.4. The van der Waals surface area contributed by atoms with Crippen LogP contribution in [0, 0.1) is 17.1 Å². The molecule has 0 bridgehead atoms. The van der Waals surface area contributed by atoms with Crippen LogP contribution in [-0.4, -0.2) is 4.98 Å². The van der Waals surface area contributed by atoms with Crippen molar-refractivity contribution in [3.05, 3.63) is 34.7 Å². The first-order valence-electron chi connectivity index (χ1n) is 4.07. The van der Waals surface area contributed by atoms with Gasteiger partial charge in [-0.15, -0.1) is 0 Å². The number of fused-ring (bicyclic) bond motifs is 1. The van der Waals surface area contributed by atoms with E-state index in [0.29, 0.717) is 5.39 Å². The van der Waals surface area contributed by atoms with Crippen molar-refractivity contribution in [2.75, 3.05) is 5.73 Å². The highest BCUT2D eigenvalue weighted by Gasteiger charge is 2.10. The molecule has 1 heterocycles. The molecule has 3 nitrogen and oxygen atoms in total. The van der Waals surface area contributed by atoms with E-state index in [2.05, 4.69) is 4.98 Å². The van der Waals surface area contributed by atoms with Crippen molar-refractivity contribution in [3.8, 4) is 6.07 Å². The number of nitrogens with two attached hydrogens (primary N) is 1. The van der Waals surface area contributed by atoms with Crippen molar-refractivity contribution in [1.29, 1.82) is 5.26 Å². The Bertz CT molecular complexity index is 589. The van der Waals surface area contributed by atoms with E-state index in [4.69, 9.17) is 22.6 Å². The molecule has 0 aliphatic rings. The van der Waals surface area contributed by atoms with Crippen LogP contribution in [0.1, 0.15) is 5.56 Å². The number of rotatable bonds is 0. The van der Waals surface area contributed by atoms with Gasteiger partial charge in [-0.2, -0.15) is 5.26 Å². The van der Waals surface area contributed by atoms with Crippen molar-refractivity contribution in [2.24, 2.45) is 0 Å². The van der Waals surface area contributed by atoms with Crippen LogP contribution in [0.4, 0.5) is 10.1 Å². The average molecular weight is 222 g/mol. The van der Waals surface area contributed by atoms with Gasteiger partial charge in [-0.25, -0.2) is 4.39 Å². The normalized spacial score (nSPS) is 10.2. The minimum Gasteiger partial charge on any atom is -0.397 e. The van der Waals surface area contributed by atoms with Gasteiger partial charge in [0.05, 0.1) is 11.3 Å². The van der Waals surface area contributed by atoms with Crippen LogP contribution in [0.3, 0.4) is 0 Å². The molecular formula is C10H5ClFN3. The van der Waals surface area contributed by atoms with Gasteiger partial charge in [0, 0.05) is 16.6 Å². The minimum atomic E-state index is -0.548. The van der Waals surface area contributed by atoms with E-state index in [-0.39, 0.29) is 21.8 Å². The molecule has 0 fully saturated rings. The number of hydrogen-bond acceptors (Lipinski definition) is 3. The van der Waals surface area contributed by atoms with Crippen LogP contribution in [0.15, 0.2) is 18.3 Å². The molecule has 15 heavy (non-hydrogen) atoms. The summed E-state index contributed by atoms with van der Waals surface area (Å²) in [6.45, 7) is 0. The first-order valence-corrected chi connectivity index (χ1v) is 4.44. The zero-order chi connectivity index (χ0) is 11.0. The lowest BCUT2D eigenvalue weighted by Gasteiger charge is -2.04. The summed E-state index contributed by atoms with van der Waals surface area (Å²) in [7, 11) is 0. The highest BCUT2D eigenvalue weighted by atomic mass is 35.5. The summed E-state index contributed by atoms with van der Waals surface area (Å²) in [5, 5.41) is 9.31. The van der Waals surface area contributed by atoms with Crippen LogP contribution >= 0.6 is 11.6 Å². The molecule has 0 aliphatic carbocycles. The zero-order valence-electron chi connectivity index (χ0n) is 7.46. The molecule has 0 aliphatic heterocycles. The van der Waals surface area contributed by atoms with E-state index in [1.54, 1.807) is 0 Å². The quantitative estimate of drug-likeness (QED) is 0.743. The number of nitrogen functional groups attached to an aromatic ring is 1. The molecule has 0 atom stereocenters. The highest BCUT2D eigenvalue weighted by molar-refractivity contribution is 6.31. The van der Waals surface area contributed by atoms with E-state index in [1.165, 1.54) is 12.3 Å². The maximum absolute atomic E-state index is 13.4. The highest BCUT2D eigenvalue weighted by Crippen LogP contribution is 2.27. The Morgan fingerprint density at radius 1 is 1.47 bits per heavy atom. The summed E-state index contributed by atoms with van der Waals surface area (Å²) in [4.78, 5) is 3.82. The van der Waals surface area contributed by atoms with E-state index in [0.717, 1.165) is 6.07 Å². The van der Waals surface area contributed by atoms with Crippen LogP contribution < -0.4 is 5.73 Å². The molecule has 0 radical (unpaired) electrons. The molecule has 2 aromatic rings. The van der Waals surface area contributed by atoms with Gasteiger partial charge in [0.2, 0.25) is 0 Å². The number of anilines is 1. The number of hydrogen-bond donors (Lipinski definition) is 1. The standard InChI is InChI=1S/C10H5ClFN3/c11-6-1-7-9(14)5(3-13)4-15-10(7)8(12)2-6/h1-2,4H,(H2,14,15). The molecule has 74 valence electrons. The summed E-state index contributed by atoms with van der Waals surface area (Å²) in [6, 6.07) is 4.52. The van der Waals surface area contributed by atoms with Gasteiger partial charge in [-0.05, 0) is 12.1 Å². The van der Waals surface area contributed by atoms with Gasteiger partial charge in [-0.1, -0.05) is 11.6 Å². The predicted molar refractivity (Wildman–Crippen MR) is 55.8 cm³/mol. The topological polar surface area (TPSA) is 62.7 Å². The summed E-state index contributed by atoms with van der Waals surface area (Å²) in [5.74, 6) is -0.548. The number of aromatic nitrogens is 1. The second-order valence-electron chi connectivity index (χ2n) is 2.98. The molecule has 1 aromatic carbocycles. The summed E-state index contributed by atoms with van der Waals surface area (Å²) in [6.07, 6.45) is 1.24. The lowest BCUT2D eigenvalue weighted by molar-refractivity contribution is 0.637. The molecule has 5 heteroatoms. The second-order valence-corrected chi connectivity index (χ2v) is 3.42. The lowest BCUT2D eigenvalue weighted by atomic mass is 10.1. The number of benzene rings is 1. The third-order valence-corrected chi connectivity index (χ3v) is 2.27. The van der Waals surface area contributed by atoms with Gasteiger partial charge >= 0.3 is 0 Å². The first-order chi connectivity index (χ1) is 7.13. The monoisotopic (exact) mass is 221 g/mol. The minimum absolute atomic E-state index is 0.121. The molecule has 1 aromatic heterocycles. The Balaban J connectivity index is 2.94. The molecule has 0 saturated carbocycles. The van der Waals surface area contributed by atoms with E-state index >= 15 is 0 Å². The first kappa shape index (κ1) is 9.69. The average Bonchev–Trinajstić information content (AvgIpc) is 2.19. The Morgan fingerprint density at radius 3 is 2.87 bits per heavy atom. The fourth-order valence-corrected chi connectivity index (χ4v) is 1.54. The van der Waals surface area contributed by atoms with Crippen LogP contribution in [0.5, 0.6) is 0 Å². The number of pyridine rings is 1. The zero-order valence-corrected chi connectivity index (χ0v) is 8.22. The third-order valence-electron chi connectivity index (χ3n) is 2.05. The number of halogens is 2. The van der Waals surface area contributed by atoms with Crippen molar-refractivity contribution in [3.63, 3.8) is 0 Å². The lowest BCUT2D eigenvalue weighted by Crippen LogP contribution is -1.95.